The third kappa shape index (κ3) is 3.21. The number of rotatable bonds is 4. The molecule has 0 radical (unpaired) electrons. The molecule has 1 aliphatic rings. The van der Waals surface area contributed by atoms with Gasteiger partial charge in [0.1, 0.15) is 0 Å². The number of sulfonamides is 1. The van der Waals surface area contributed by atoms with Crippen LogP contribution in [0.5, 0.6) is 0 Å². The maximum absolute atomic E-state index is 12.7. The molecule has 2 N–H and O–H groups in total. The van der Waals surface area contributed by atoms with E-state index in [0.717, 1.165) is 12.8 Å². The molecule has 0 spiro atoms. The minimum absolute atomic E-state index is 0.0178. The topological polar surface area (TPSA) is 89.7 Å². The summed E-state index contributed by atoms with van der Waals surface area (Å²) >= 11 is 5.92. The lowest BCUT2D eigenvalue weighted by molar-refractivity contribution is 0.0600. The van der Waals surface area contributed by atoms with E-state index in [-0.39, 0.29) is 28.1 Å². The molecular formula is C13H17ClN2O4S. The second-order valence-electron chi connectivity index (χ2n) is 4.81. The van der Waals surface area contributed by atoms with E-state index in [2.05, 4.69) is 4.74 Å². The Morgan fingerprint density at radius 1 is 1.48 bits per heavy atom. The Kier molecular flexibility index (Phi) is 4.88. The molecule has 1 heterocycles. The molecule has 1 saturated heterocycles. The van der Waals surface area contributed by atoms with E-state index in [1.165, 1.54) is 29.6 Å². The highest BCUT2D eigenvalue weighted by molar-refractivity contribution is 7.89. The Balaban J connectivity index is 2.45. The molecule has 8 heteroatoms. The van der Waals surface area contributed by atoms with Gasteiger partial charge in [-0.1, -0.05) is 11.6 Å². The van der Waals surface area contributed by atoms with Gasteiger partial charge in [-0.2, -0.15) is 4.31 Å². The number of nitrogens with two attached hydrogens (primary N) is 1. The number of carbonyl (C=O) groups excluding carboxylic acids is 1. The van der Waals surface area contributed by atoms with Gasteiger partial charge in [0.25, 0.3) is 0 Å². The second kappa shape index (κ2) is 6.31. The molecule has 1 unspecified atom stereocenters. The lowest BCUT2D eigenvalue weighted by Gasteiger charge is -2.23. The minimum atomic E-state index is -3.73. The van der Waals surface area contributed by atoms with Crippen molar-refractivity contribution in [2.45, 2.75) is 23.8 Å². The van der Waals surface area contributed by atoms with Crippen molar-refractivity contribution in [1.29, 1.82) is 0 Å². The first kappa shape index (κ1) is 16.2. The van der Waals surface area contributed by atoms with Crippen LogP contribution in [0.1, 0.15) is 23.2 Å². The summed E-state index contributed by atoms with van der Waals surface area (Å²) in [6.07, 6.45) is 1.51. The van der Waals surface area contributed by atoms with Crippen molar-refractivity contribution in [3.05, 3.63) is 28.8 Å². The highest BCUT2D eigenvalue weighted by Crippen LogP contribution is 2.28. The van der Waals surface area contributed by atoms with Crippen LogP contribution in [0, 0.1) is 0 Å². The van der Waals surface area contributed by atoms with Gasteiger partial charge in [0.15, 0.2) is 0 Å². The first-order valence-electron chi connectivity index (χ1n) is 6.51. The molecule has 0 bridgehead atoms. The van der Waals surface area contributed by atoms with Crippen molar-refractivity contribution in [2.75, 3.05) is 20.2 Å². The van der Waals surface area contributed by atoms with Crippen LogP contribution in [-0.4, -0.2) is 44.9 Å². The van der Waals surface area contributed by atoms with E-state index < -0.39 is 16.0 Å². The fourth-order valence-electron chi connectivity index (χ4n) is 2.44. The molecule has 0 saturated carbocycles. The number of benzene rings is 1. The molecule has 1 aliphatic heterocycles. The van der Waals surface area contributed by atoms with Gasteiger partial charge >= 0.3 is 5.97 Å². The van der Waals surface area contributed by atoms with Crippen LogP contribution in [0.2, 0.25) is 5.02 Å². The fourth-order valence-corrected chi connectivity index (χ4v) is 4.52. The SMILES string of the molecule is COC(=O)c1cc(Cl)cc(S(=O)(=O)N2CCCC2CN)c1. The number of halogens is 1. The maximum Gasteiger partial charge on any atom is 0.337 e. The van der Waals surface area contributed by atoms with E-state index in [0.29, 0.717) is 6.54 Å². The van der Waals surface area contributed by atoms with E-state index in [9.17, 15) is 13.2 Å². The summed E-state index contributed by atoms with van der Waals surface area (Å²) in [7, 11) is -2.50. The van der Waals surface area contributed by atoms with Crippen molar-refractivity contribution in [3.8, 4) is 0 Å². The molecule has 6 nitrogen and oxygen atoms in total. The highest BCUT2D eigenvalue weighted by Gasteiger charge is 2.35. The predicted octanol–water partition coefficient (Wildman–Crippen LogP) is 1.24. The van der Waals surface area contributed by atoms with Crippen LogP contribution in [0.15, 0.2) is 23.1 Å². The maximum atomic E-state index is 12.7. The van der Waals surface area contributed by atoms with Gasteiger partial charge < -0.3 is 10.5 Å². The molecule has 1 fully saturated rings. The highest BCUT2D eigenvalue weighted by atomic mass is 35.5. The summed E-state index contributed by atoms with van der Waals surface area (Å²) in [5, 5.41) is 0.167. The van der Waals surface area contributed by atoms with Gasteiger partial charge in [-0.3, -0.25) is 0 Å². The number of carbonyl (C=O) groups is 1. The fraction of sp³-hybridized carbons (Fsp3) is 0.462. The van der Waals surface area contributed by atoms with E-state index in [1.807, 2.05) is 0 Å². The minimum Gasteiger partial charge on any atom is -0.465 e. The third-order valence-corrected chi connectivity index (χ3v) is 5.64. The molecule has 1 aromatic carbocycles. The standard InChI is InChI=1S/C13H17ClN2O4S/c1-20-13(17)9-5-10(14)7-12(6-9)21(18,19)16-4-2-3-11(16)8-15/h5-7,11H,2-4,8,15H2,1H3. The van der Waals surface area contributed by atoms with Crippen molar-refractivity contribution in [2.24, 2.45) is 5.73 Å². The monoisotopic (exact) mass is 332 g/mol. The van der Waals surface area contributed by atoms with Gasteiger partial charge in [0, 0.05) is 24.2 Å². The summed E-state index contributed by atoms with van der Waals surface area (Å²) in [4.78, 5) is 11.6. The Bertz CT molecular complexity index is 648. The van der Waals surface area contributed by atoms with Crippen LogP contribution < -0.4 is 5.73 Å². The molecule has 0 aromatic heterocycles. The Hall–Kier alpha value is -1.15. The normalized spacial score (nSPS) is 19.7. The number of methoxy groups -OCH3 is 1. The van der Waals surface area contributed by atoms with Crippen LogP contribution in [0.4, 0.5) is 0 Å². The van der Waals surface area contributed by atoms with Gasteiger partial charge in [0.2, 0.25) is 10.0 Å². The summed E-state index contributed by atoms with van der Waals surface area (Å²) in [5.41, 5.74) is 5.73. The zero-order valence-corrected chi connectivity index (χ0v) is 13.2. The predicted molar refractivity (Wildman–Crippen MR) is 78.8 cm³/mol. The Morgan fingerprint density at radius 3 is 2.81 bits per heavy atom. The largest absolute Gasteiger partial charge is 0.465 e. The summed E-state index contributed by atoms with van der Waals surface area (Å²) in [6.45, 7) is 0.688. The zero-order chi connectivity index (χ0) is 15.6. The quantitative estimate of drug-likeness (QED) is 0.838. The van der Waals surface area contributed by atoms with Gasteiger partial charge in [0.05, 0.1) is 17.6 Å². The smallest absolute Gasteiger partial charge is 0.337 e. The summed E-state index contributed by atoms with van der Waals surface area (Å²) < 4.78 is 31.3. The number of hydrogen-bond acceptors (Lipinski definition) is 5. The van der Waals surface area contributed by atoms with Crippen molar-refractivity contribution < 1.29 is 17.9 Å². The molecule has 0 aliphatic carbocycles. The van der Waals surface area contributed by atoms with Crippen molar-refractivity contribution in [1.82, 2.24) is 4.31 Å². The van der Waals surface area contributed by atoms with Crippen LogP contribution in [0.25, 0.3) is 0 Å². The number of nitrogens with zero attached hydrogens (tertiary/aromatic N) is 1. The first-order chi connectivity index (χ1) is 9.90. The molecule has 116 valence electrons. The first-order valence-corrected chi connectivity index (χ1v) is 8.32. The lowest BCUT2D eigenvalue weighted by atomic mass is 10.2. The van der Waals surface area contributed by atoms with Gasteiger partial charge in [-0.15, -0.1) is 0 Å². The van der Waals surface area contributed by atoms with E-state index in [1.54, 1.807) is 0 Å². The molecule has 1 aromatic rings. The van der Waals surface area contributed by atoms with Crippen LogP contribution in [-0.2, 0) is 14.8 Å². The van der Waals surface area contributed by atoms with Crippen LogP contribution in [0.3, 0.4) is 0 Å². The molecule has 0 amide bonds. The van der Waals surface area contributed by atoms with Gasteiger partial charge in [-0.25, -0.2) is 13.2 Å². The summed E-state index contributed by atoms with van der Waals surface area (Å²) in [5.74, 6) is -0.634. The zero-order valence-electron chi connectivity index (χ0n) is 11.6. The number of hydrogen-bond donors (Lipinski definition) is 1. The average Bonchev–Trinajstić information content (AvgIpc) is 2.95. The Labute approximate surface area is 128 Å². The number of ether oxygens (including phenoxy) is 1. The second-order valence-corrected chi connectivity index (χ2v) is 7.14. The molecule has 1 atom stereocenters. The lowest BCUT2D eigenvalue weighted by Crippen LogP contribution is -2.39. The molecular weight excluding hydrogens is 316 g/mol. The average molecular weight is 333 g/mol. The Morgan fingerprint density at radius 2 is 2.19 bits per heavy atom. The van der Waals surface area contributed by atoms with E-state index in [4.69, 9.17) is 17.3 Å². The molecule has 21 heavy (non-hydrogen) atoms. The molecule has 2 rings (SSSR count). The van der Waals surface area contributed by atoms with Gasteiger partial charge in [-0.05, 0) is 31.0 Å². The third-order valence-electron chi connectivity index (χ3n) is 3.49. The van der Waals surface area contributed by atoms with Crippen molar-refractivity contribution in [3.63, 3.8) is 0 Å². The summed E-state index contributed by atoms with van der Waals surface area (Å²) in [6, 6.07) is 3.76. The van der Waals surface area contributed by atoms with Crippen LogP contribution >= 0.6 is 11.6 Å². The number of esters is 1. The van der Waals surface area contributed by atoms with E-state index >= 15 is 0 Å². The van der Waals surface area contributed by atoms with Crippen molar-refractivity contribution >= 4 is 27.6 Å².